The molecule has 0 unspecified atom stereocenters. The van der Waals surface area contributed by atoms with Crippen LogP contribution in [0.2, 0.25) is 5.02 Å². The van der Waals surface area contributed by atoms with Gasteiger partial charge in [-0.25, -0.2) is 0 Å². The van der Waals surface area contributed by atoms with E-state index in [4.69, 9.17) is 20.9 Å². The Hall–Kier alpha value is -3.38. The van der Waals surface area contributed by atoms with Crippen LogP contribution in [-0.2, 0) is 11.2 Å². The van der Waals surface area contributed by atoms with Crippen molar-refractivity contribution in [2.75, 3.05) is 13.2 Å². The van der Waals surface area contributed by atoms with Crippen molar-refractivity contribution in [2.45, 2.75) is 12.8 Å². The third kappa shape index (κ3) is 4.96. The van der Waals surface area contributed by atoms with E-state index in [0.717, 1.165) is 22.1 Å². The lowest BCUT2D eigenvalue weighted by Crippen LogP contribution is -2.28. The zero-order valence-corrected chi connectivity index (χ0v) is 16.9. The minimum atomic E-state index is -0.0947. The van der Waals surface area contributed by atoms with Gasteiger partial charge in [0, 0.05) is 28.8 Å². The van der Waals surface area contributed by atoms with E-state index in [-0.39, 0.29) is 12.3 Å². The molecule has 1 aromatic heterocycles. The van der Waals surface area contributed by atoms with Gasteiger partial charge in [-0.2, -0.15) is 4.98 Å². The van der Waals surface area contributed by atoms with Crippen LogP contribution in [0.5, 0.6) is 5.75 Å². The third-order valence-electron chi connectivity index (χ3n) is 4.57. The maximum Gasteiger partial charge on any atom is 0.227 e. The van der Waals surface area contributed by atoms with Crippen molar-refractivity contribution in [2.24, 2.45) is 0 Å². The van der Waals surface area contributed by atoms with Gasteiger partial charge in [0.2, 0.25) is 17.6 Å². The molecule has 0 aliphatic carbocycles. The molecule has 0 saturated carbocycles. The molecule has 7 heteroatoms. The van der Waals surface area contributed by atoms with E-state index in [9.17, 15) is 4.79 Å². The van der Waals surface area contributed by atoms with E-state index in [1.54, 1.807) is 12.1 Å². The molecule has 6 nitrogen and oxygen atoms in total. The second-order valence-corrected chi connectivity index (χ2v) is 7.13. The number of aromatic nitrogens is 2. The number of hydrogen-bond acceptors (Lipinski definition) is 5. The number of rotatable bonds is 8. The highest BCUT2D eigenvalue weighted by molar-refractivity contribution is 6.30. The molecule has 1 heterocycles. The number of aryl methyl sites for hydroxylation is 1. The molecule has 4 rings (SSSR count). The van der Waals surface area contributed by atoms with Gasteiger partial charge < -0.3 is 14.6 Å². The van der Waals surface area contributed by atoms with Crippen LogP contribution in [0.1, 0.15) is 12.3 Å². The number of ether oxygens (including phenoxy) is 1. The molecule has 0 bridgehead atoms. The maximum absolute atomic E-state index is 12.1. The summed E-state index contributed by atoms with van der Waals surface area (Å²) in [6.45, 7) is 0.808. The summed E-state index contributed by atoms with van der Waals surface area (Å²) in [5.74, 6) is 1.61. The van der Waals surface area contributed by atoms with Crippen molar-refractivity contribution in [1.29, 1.82) is 0 Å². The number of amides is 1. The molecule has 0 radical (unpaired) electrons. The fourth-order valence-corrected chi connectivity index (χ4v) is 3.18. The van der Waals surface area contributed by atoms with Crippen LogP contribution in [0, 0.1) is 0 Å². The molecule has 3 aromatic carbocycles. The smallest absolute Gasteiger partial charge is 0.227 e. The summed E-state index contributed by atoms with van der Waals surface area (Å²) in [6, 6.07) is 21.1. The van der Waals surface area contributed by atoms with Crippen LogP contribution >= 0.6 is 11.6 Å². The number of carbonyl (C=O) groups excluding carboxylic acids is 1. The zero-order chi connectivity index (χ0) is 20.8. The van der Waals surface area contributed by atoms with E-state index in [0.29, 0.717) is 36.3 Å². The fourth-order valence-electron chi connectivity index (χ4n) is 3.05. The normalized spacial score (nSPS) is 10.8. The van der Waals surface area contributed by atoms with Gasteiger partial charge in [0.25, 0.3) is 0 Å². The second-order valence-electron chi connectivity index (χ2n) is 6.69. The number of fused-ring (bicyclic) bond motifs is 1. The summed E-state index contributed by atoms with van der Waals surface area (Å²) in [6.07, 6.45) is 0.632. The lowest BCUT2D eigenvalue weighted by Gasteiger charge is -2.10. The predicted molar refractivity (Wildman–Crippen MR) is 116 cm³/mol. The Balaban J connectivity index is 1.21. The number of carbonyl (C=O) groups is 1. The van der Waals surface area contributed by atoms with Gasteiger partial charge in [-0.1, -0.05) is 53.2 Å². The number of halogens is 1. The van der Waals surface area contributed by atoms with Crippen LogP contribution in [-0.4, -0.2) is 29.2 Å². The standard InChI is InChI=1S/C23H20ClN3O3/c24-18-10-8-17(9-11-18)23-26-22(30-27-23)13-12-21(28)25-14-15-29-20-7-3-5-16-4-1-2-6-19(16)20/h1-11H,12-15H2,(H,25,28). The molecule has 1 N–H and O–H groups in total. The molecule has 0 spiro atoms. The summed E-state index contributed by atoms with van der Waals surface area (Å²) >= 11 is 5.88. The van der Waals surface area contributed by atoms with Crippen molar-refractivity contribution in [3.05, 3.63) is 77.6 Å². The molecule has 0 atom stereocenters. The van der Waals surface area contributed by atoms with Gasteiger partial charge in [-0.15, -0.1) is 0 Å². The van der Waals surface area contributed by atoms with Gasteiger partial charge in [0.15, 0.2) is 0 Å². The molecule has 152 valence electrons. The highest BCUT2D eigenvalue weighted by Gasteiger charge is 2.11. The first-order valence-corrected chi connectivity index (χ1v) is 10.0. The first kappa shape index (κ1) is 19.9. The van der Waals surface area contributed by atoms with Crippen molar-refractivity contribution in [3.8, 4) is 17.1 Å². The first-order valence-electron chi connectivity index (χ1n) is 9.65. The summed E-state index contributed by atoms with van der Waals surface area (Å²) < 4.78 is 11.1. The summed E-state index contributed by atoms with van der Waals surface area (Å²) in [4.78, 5) is 16.4. The fraction of sp³-hybridized carbons (Fsp3) is 0.174. The monoisotopic (exact) mass is 421 g/mol. The van der Waals surface area contributed by atoms with Gasteiger partial charge in [0.05, 0.1) is 6.54 Å². The minimum absolute atomic E-state index is 0.0947. The van der Waals surface area contributed by atoms with Crippen molar-refractivity contribution in [1.82, 2.24) is 15.5 Å². The van der Waals surface area contributed by atoms with Crippen LogP contribution < -0.4 is 10.1 Å². The van der Waals surface area contributed by atoms with Gasteiger partial charge in [-0.05, 0) is 35.7 Å². The van der Waals surface area contributed by atoms with Gasteiger partial charge in [-0.3, -0.25) is 4.79 Å². The SMILES string of the molecule is O=C(CCc1nc(-c2ccc(Cl)cc2)no1)NCCOc1cccc2ccccc12. The van der Waals surface area contributed by atoms with Crippen LogP contribution in [0.3, 0.4) is 0 Å². The summed E-state index contributed by atoms with van der Waals surface area (Å²) in [5.41, 5.74) is 0.810. The number of nitrogens with zero attached hydrogens (tertiary/aromatic N) is 2. The second kappa shape index (κ2) is 9.41. The Labute approximate surface area is 178 Å². The van der Waals surface area contributed by atoms with Crippen LogP contribution in [0.4, 0.5) is 0 Å². The van der Waals surface area contributed by atoms with Crippen molar-refractivity contribution >= 4 is 28.3 Å². The molecule has 1 amide bonds. The largest absolute Gasteiger partial charge is 0.491 e. The Morgan fingerprint density at radius 2 is 1.83 bits per heavy atom. The van der Waals surface area contributed by atoms with Gasteiger partial charge >= 0.3 is 0 Å². The first-order chi connectivity index (χ1) is 14.7. The molecule has 0 saturated heterocycles. The van der Waals surface area contributed by atoms with Crippen molar-refractivity contribution in [3.63, 3.8) is 0 Å². The number of benzene rings is 3. The number of hydrogen-bond donors (Lipinski definition) is 1. The molecule has 0 fully saturated rings. The minimum Gasteiger partial charge on any atom is -0.491 e. The highest BCUT2D eigenvalue weighted by atomic mass is 35.5. The Morgan fingerprint density at radius 1 is 1.03 bits per heavy atom. The zero-order valence-electron chi connectivity index (χ0n) is 16.2. The van der Waals surface area contributed by atoms with E-state index in [1.807, 2.05) is 54.6 Å². The molecule has 30 heavy (non-hydrogen) atoms. The quantitative estimate of drug-likeness (QED) is 0.418. The molecule has 0 aliphatic heterocycles. The Kier molecular flexibility index (Phi) is 6.25. The lowest BCUT2D eigenvalue weighted by molar-refractivity contribution is -0.121. The van der Waals surface area contributed by atoms with E-state index in [1.165, 1.54) is 0 Å². The van der Waals surface area contributed by atoms with Crippen LogP contribution in [0.25, 0.3) is 22.2 Å². The predicted octanol–water partition coefficient (Wildman–Crippen LogP) is 4.67. The molecule has 0 aliphatic rings. The Bertz CT molecular complexity index is 1140. The average molecular weight is 422 g/mol. The van der Waals surface area contributed by atoms with Crippen LogP contribution in [0.15, 0.2) is 71.3 Å². The topological polar surface area (TPSA) is 77.2 Å². The van der Waals surface area contributed by atoms with E-state index >= 15 is 0 Å². The maximum atomic E-state index is 12.1. The highest BCUT2D eigenvalue weighted by Crippen LogP contribution is 2.25. The molecule has 4 aromatic rings. The van der Waals surface area contributed by atoms with E-state index < -0.39 is 0 Å². The summed E-state index contributed by atoms with van der Waals surface area (Å²) in [5, 5.41) is 9.61. The van der Waals surface area contributed by atoms with Crippen molar-refractivity contribution < 1.29 is 14.1 Å². The van der Waals surface area contributed by atoms with Gasteiger partial charge in [0.1, 0.15) is 12.4 Å². The Morgan fingerprint density at radius 3 is 2.70 bits per heavy atom. The lowest BCUT2D eigenvalue weighted by atomic mass is 10.1. The average Bonchev–Trinajstić information content (AvgIpc) is 3.25. The third-order valence-corrected chi connectivity index (χ3v) is 4.82. The molecular weight excluding hydrogens is 402 g/mol. The molecular formula is C23H20ClN3O3. The number of nitrogens with one attached hydrogen (secondary N) is 1. The summed E-state index contributed by atoms with van der Waals surface area (Å²) in [7, 11) is 0. The van der Waals surface area contributed by atoms with E-state index in [2.05, 4.69) is 15.5 Å².